The highest BCUT2D eigenvalue weighted by Crippen LogP contribution is 2.20. The van der Waals surface area contributed by atoms with Gasteiger partial charge in [0, 0.05) is 25.0 Å². The molecule has 0 amide bonds. The van der Waals surface area contributed by atoms with Crippen LogP contribution in [-0.2, 0) is 6.54 Å². The predicted molar refractivity (Wildman–Crippen MR) is 79.8 cm³/mol. The highest BCUT2D eigenvalue weighted by Gasteiger charge is 2.24. The molecule has 2 heterocycles. The lowest BCUT2D eigenvalue weighted by Gasteiger charge is -2.16. The van der Waals surface area contributed by atoms with Crippen LogP contribution in [0.2, 0.25) is 0 Å². The van der Waals surface area contributed by atoms with Crippen LogP contribution >= 0.6 is 0 Å². The van der Waals surface area contributed by atoms with E-state index in [2.05, 4.69) is 53.1 Å². The lowest BCUT2D eigenvalue weighted by atomic mass is 10.2. The molecule has 1 fully saturated rings. The molecule has 0 saturated heterocycles. The van der Waals surface area contributed by atoms with Crippen LogP contribution in [0, 0.1) is 0 Å². The lowest BCUT2D eigenvalue weighted by Crippen LogP contribution is -2.35. The van der Waals surface area contributed by atoms with Crippen molar-refractivity contribution >= 4 is 5.65 Å². The molecule has 1 saturated carbocycles. The summed E-state index contributed by atoms with van der Waals surface area (Å²) in [5.41, 5.74) is 3.35. The maximum atomic E-state index is 9.82. The number of aliphatic hydroxyl groups is 1. The molecule has 20 heavy (non-hydrogen) atoms. The Bertz CT molecular complexity index is 590. The number of hydrogen-bond donors (Lipinski definition) is 2. The van der Waals surface area contributed by atoms with Crippen molar-refractivity contribution in [1.82, 2.24) is 14.7 Å². The molecular formula is C16H23N3O. The fourth-order valence-electron chi connectivity index (χ4n) is 2.86. The first-order valence-electron chi connectivity index (χ1n) is 7.52. The van der Waals surface area contributed by atoms with E-state index in [4.69, 9.17) is 0 Å². The molecule has 2 N–H and O–H groups in total. The van der Waals surface area contributed by atoms with Gasteiger partial charge in [0.1, 0.15) is 5.65 Å². The average molecular weight is 273 g/mol. The summed E-state index contributed by atoms with van der Waals surface area (Å²) in [5.74, 6) is 0.449. The smallest absolute Gasteiger partial charge is 0.137 e. The fourth-order valence-corrected chi connectivity index (χ4v) is 2.86. The third kappa shape index (κ3) is 2.72. The van der Waals surface area contributed by atoms with Gasteiger partial charge in [0.15, 0.2) is 0 Å². The van der Waals surface area contributed by atoms with Crippen molar-refractivity contribution in [1.29, 1.82) is 0 Å². The third-order valence-electron chi connectivity index (χ3n) is 4.18. The number of nitrogens with zero attached hydrogens (tertiary/aromatic N) is 2. The molecule has 0 spiro atoms. The van der Waals surface area contributed by atoms with E-state index in [1.54, 1.807) is 0 Å². The number of aliphatic hydroxyl groups excluding tert-OH is 1. The molecule has 0 bridgehead atoms. The minimum Gasteiger partial charge on any atom is -0.392 e. The topological polar surface area (TPSA) is 49.6 Å². The van der Waals surface area contributed by atoms with Gasteiger partial charge in [-0.3, -0.25) is 0 Å². The second-order valence-corrected chi connectivity index (χ2v) is 6.11. The van der Waals surface area contributed by atoms with E-state index >= 15 is 0 Å². The van der Waals surface area contributed by atoms with Crippen LogP contribution in [0.4, 0.5) is 0 Å². The monoisotopic (exact) mass is 273 g/mol. The molecule has 2 atom stereocenters. The summed E-state index contributed by atoms with van der Waals surface area (Å²) in [7, 11) is 0. The molecule has 4 heteroatoms. The minimum atomic E-state index is -0.183. The summed E-state index contributed by atoms with van der Waals surface area (Å²) >= 11 is 0. The molecule has 4 nitrogen and oxygen atoms in total. The lowest BCUT2D eigenvalue weighted by molar-refractivity contribution is 0.148. The van der Waals surface area contributed by atoms with Gasteiger partial charge in [-0.2, -0.15) is 0 Å². The SMILES string of the molecule is CC(C)c1cn2ccc(CN[C@H]3CCC[C@H]3O)cc2n1. The van der Waals surface area contributed by atoms with E-state index in [0.29, 0.717) is 5.92 Å². The minimum absolute atomic E-state index is 0.183. The summed E-state index contributed by atoms with van der Waals surface area (Å²) in [5, 5.41) is 13.3. The van der Waals surface area contributed by atoms with Crippen LogP contribution in [0.25, 0.3) is 5.65 Å². The van der Waals surface area contributed by atoms with Gasteiger partial charge in [-0.05, 0) is 42.9 Å². The van der Waals surface area contributed by atoms with Crippen LogP contribution in [0.1, 0.15) is 50.3 Å². The Kier molecular flexibility index (Phi) is 3.76. The Balaban J connectivity index is 1.72. The molecule has 0 aromatic carbocycles. The van der Waals surface area contributed by atoms with E-state index in [1.165, 1.54) is 5.56 Å². The van der Waals surface area contributed by atoms with Crippen molar-refractivity contribution in [3.05, 3.63) is 35.8 Å². The van der Waals surface area contributed by atoms with E-state index in [-0.39, 0.29) is 12.1 Å². The summed E-state index contributed by atoms with van der Waals surface area (Å²) in [4.78, 5) is 4.65. The quantitative estimate of drug-likeness (QED) is 0.899. The second-order valence-electron chi connectivity index (χ2n) is 6.11. The van der Waals surface area contributed by atoms with Gasteiger partial charge in [-0.1, -0.05) is 13.8 Å². The molecular weight excluding hydrogens is 250 g/mol. The van der Waals surface area contributed by atoms with Gasteiger partial charge in [-0.25, -0.2) is 4.98 Å². The first kappa shape index (κ1) is 13.6. The van der Waals surface area contributed by atoms with Gasteiger partial charge in [0.05, 0.1) is 11.8 Å². The van der Waals surface area contributed by atoms with Crippen molar-refractivity contribution in [2.45, 2.75) is 57.7 Å². The van der Waals surface area contributed by atoms with E-state index in [1.807, 2.05) is 0 Å². The molecule has 0 radical (unpaired) electrons. The van der Waals surface area contributed by atoms with Crippen LogP contribution in [-0.4, -0.2) is 26.6 Å². The van der Waals surface area contributed by atoms with Gasteiger partial charge < -0.3 is 14.8 Å². The first-order valence-corrected chi connectivity index (χ1v) is 7.52. The number of rotatable bonds is 4. The summed E-state index contributed by atoms with van der Waals surface area (Å²) < 4.78 is 2.07. The highest BCUT2D eigenvalue weighted by molar-refractivity contribution is 5.43. The third-order valence-corrected chi connectivity index (χ3v) is 4.18. The number of pyridine rings is 1. The Morgan fingerprint density at radius 2 is 2.30 bits per heavy atom. The number of hydrogen-bond acceptors (Lipinski definition) is 3. The summed E-state index contributed by atoms with van der Waals surface area (Å²) in [6, 6.07) is 4.49. The zero-order valence-corrected chi connectivity index (χ0v) is 12.2. The maximum Gasteiger partial charge on any atom is 0.137 e. The fraction of sp³-hybridized carbons (Fsp3) is 0.562. The Hall–Kier alpha value is -1.39. The standard InChI is InChI=1S/C16H23N3O/c1-11(2)14-10-19-7-6-12(8-16(19)18-14)9-17-13-4-3-5-15(13)20/h6-8,10-11,13,15,17,20H,3-5,9H2,1-2H3/t13-,15+/m0/s1. The molecule has 108 valence electrons. The van der Waals surface area contributed by atoms with Crippen molar-refractivity contribution in [2.24, 2.45) is 0 Å². The first-order chi connectivity index (χ1) is 9.63. The van der Waals surface area contributed by atoms with Crippen molar-refractivity contribution in [3.8, 4) is 0 Å². The number of aromatic nitrogens is 2. The molecule has 3 rings (SSSR count). The van der Waals surface area contributed by atoms with E-state index < -0.39 is 0 Å². The van der Waals surface area contributed by atoms with Gasteiger partial charge in [0.25, 0.3) is 0 Å². The molecule has 0 unspecified atom stereocenters. The van der Waals surface area contributed by atoms with Crippen LogP contribution in [0.3, 0.4) is 0 Å². The maximum absolute atomic E-state index is 9.82. The van der Waals surface area contributed by atoms with E-state index in [9.17, 15) is 5.11 Å². The second kappa shape index (κ2) is 5.54. The molecule has 2 aromatic rings. The zero-order chi connectivity index (χ0) is 14.1. The Morgan fingerprint density at radius 1 is 1.45 bits per heavy atom. The van der Waals surface area contributed by atoms with Gasteiger partial charge >= 0.3 is 0 Å². The zero-order valence-electron chi connectivity index (χ0n) is 12.2. The van der Waals surface area contributed by atoms with Crippen molar-refractivity contribution in [2.75, 3.05) is 0 Å². The van der Waals surface area contributed by atoms with Crippen LogP contribution < -0.4 is 5.32 Å². The summed E-state index contributed by atoms with van der Waals surface area (Å²) in [6.45, 7) is 5.11. The molecule has 0 aliphatic heterocycles. The normalized spacial score (nSPS) is 23.0. The highest BCUT2D eigenvalue weighted by atomic mass is 16.3. The van der Waals surface area contributed by atoms with Crippen molar-refractivity contribution in [3.63, 3.8) is 0 Å². The Labute approximate surface area is 119 Å². The average Bonchev–Trinajstić information content (AvgIpc) is 3.01. The van der Waals surface area contributed by atoms with E-state index in [0.717, 1.165) is 37.1 Å². The molecule has 1 aliphatic carbocycles. The Morgan fingerprint density at radius 3 is 3.00 bits per heavy atom. The molecule has 1 aliphatic rings. The van der Waals surface area contributed by atoms with Gasteiger partial charge in [-0.15, -0.1) is 0 Å². The van der Waals surface area contributed by atoms with Crippen LogP contribution in [0.15, 0.2) is 24.5 Å². The number of imidazole rings is 1. The van der Waals surface area contributed by atoms with Crippen molar-refractivity contribution < 1.29 is 5.11 Å². The number of fused-ring (bicyclic) bond motifs is 1. The number of nitrogens with one attached hydrogen (secondary N) is 1. The van der Waals surface area contributed by atoms with Crippen LogP contribution in [0.5, 0.6) is 0 Å². The predicted octanol–water partition coefficient (Wildman–Crippen LogP) is 2.46. The molecule has 2 aromatic heterocycles. The largest absolute Gasteiger partial charge is 0.392 e. The summed E-state index contributed by atoms with van der Waals surface area (Å²) in [6.07, 6.45) is 7.10. The van der Waals surface area contributed by atoms with Gasteiger partial charge in [0.2, 0.25) is 0 Å².